The van der Waals surface area contributed by atoms with E-state index < -0.39 is 22.3 Å². The fourth-order valence-electron chi connectivity index (χ4n) is 3.95. The van der Waals surface area contributed by atoms with Gasteiger partial charge in [0, 0.05) is 0 Å². The molecule has 1 fully saturated rings. The first-order chi connectivity index (χ1) is 9.42. The molecule has 3 rings (SSSR count). The van der Waals surface area contributed by atoms with Crippen LogP contribution in [0.25, 0.3) is 0 Å². The molecular weight excluding hydrogens is 284 g/mol. The topological polar surface area (TPSA) is 34.1 Å². The van der Waals surface area contributed by atoms with Crippen molar-refractivity contribution in [1.29, 1.82) is 0 Å². The molecule has 108 valence electrons. The highest BCUT2D eigenvalue weighted by Crippen LogP contribution is 2.52. The van der Waals surface area contributed by atoms with E-state index in [1.165, 1.54) is 5.19 Å². The molecule has 0 radical (unpaired) electrons. The van der Waals surface area contributed by atoms with Crippen molar-refractivity contribution in [3.05, 3.63) is 42.5 Å². The summed E-state index contributed by atoms with van der Waals surface area (Å²) in [6.07, 6.45) is 6.82. The second-order valence-corrected chi connectivity index (χ2v) is 14.0. The lowest BCUT2D eigenvalue weighted by molar-refractivity contribution is 0.539. The maximum absolute atomic E-state index is 13.0. The minimum atomic E-state index is -3.05. The fourth-order valence-corrected chi connectivity index (χ4v) is 12.9. The monoisotopic (exact) mass is 306 g/mol. The fraction of sp³-hybridized carbons (Fsp3) is 0.500. The molecule has 0 bridgehead atoms. The number of rotatable bonds is 3. The first-order valence-corrected chi connectivity index (χ1v) is 12.0. The summed E-state index contributed by atoms with van der Waals surface area (Å²) in [7, 11) is -5.16. The summed E-state index contributed by atoms with van der Waals surface area (Å²) >= 11 is 0. The van der Waals surface area contributed by atoms with Crippen LogP contribution in [0.15, 0.2) is 42.5 Å². The Balaban J connectivity index is 2.19. The van der Waals surface area contributed by atoms with Crippen molar-refractivity contribution in [2.75, 3.05) is 5.75 Å². The van der Waals surface area contributed by atoms with Crippen molar-refractivity contribution in [2.45, 2.75) is 36.7 Å². The summed E-state index contributed by atoms with van der Waals surface area (Å²) in [5.41, 5.74) is 0. The van der Waals surface area contributed by atoms with Gasteiger partial charge in [0.1, 0.15) is 8.07 Å². The molecule has 4 heteroatoms. The summed E-state index contributed by atoms with van der Waals surface area (Å²) in [6, 6.07) is 10.3. The molecule has 20 heavy (non-hydrogen) atoms. The molecule has 0 N–H and O–H groups in total. The number of sulfone groups is 1. The molecule has 0 amide bonds. The Morgan fingerprint density at radius 1 is 1.10 bits per heavy atom. The van der Waals surface area contributed by atoms with E-state index in [9.17, 15) is 8.42 Å². The molecule has 2 nitrogen and oxygen atoms in total. The molecule has 1 aromatic rings. The van der Waals surface area contributed by atoms with Crippen LogP contribution in [-0.2, 0) is 9.84 Å². The lowest BCUT2D eigenvalue weighted by Crippen LogP contribution is -2.68. The number of allylic oxidation sites excluding steroid dienone is 1. The van der Waals surface area contributed by atoms with Crippen molar-refractivity contribution in [2.24, 2.45) is 5.92 Å². The van der Waals surface area contributed by atoms with Crippen molar-refractivity contribution in [3.63, 3.8) is 0 Å². The van der Waals surface area contributed by atoms with E-state index in [4.69, 9.17) is 0 Å². The summed E-state index contributed by atoms with van der Waals surface area (Å²) in [5, 5.41) is 1.27. The summed E-state index contributed by atoms with van der Waals surface area (Å²) < 4.78 is 25.5. The highest BCUT2D eigenvalue weighted by Gasteiger charge is 2.63. The second-order valence-electron chi connectivity index (χ2n) is 6.61. The number of hydrogen-bond acceptors (Lipinski definition) is 2. The Bertz CT molecular complexity index is 630. The highest BCUT2D eigenvalue weighted by molar-refractivity contribution is 7.95. The van der Waals surface area contributed by atoms with E-state index >= 15 is 0 Å². The van der Waals surface area contributed by atoms with E-state index in [1.807, 2.05) is 24.3 Å². The molecule has 0 saturated heterocycles. The predicted octanol–water partition coefficient (Wildman–Crippen LogP) is 2.66. The summed E-state index contributed by atoms with van der Waals surface area (Å²) in [5.74, 6) is 0.603. The highest BCUT2D eigenvalue weighted by atomic mass is 32.2. The minimum Gasteiger partial charge on any atom is -0.228 e. The van der Waals surface area contributed by atoms with Gasteiger partial charge in [-0.05, 0) is 25.2 Å². The normalized spacial score (nSPS) is 29.3. The van der Waals surface area contributed by atoms with Gasteiger partial charge in [0.15, 0.2) is 9.84 Å². The van der Waals surface area contributed by atoms with E-state index in [2.05, 4.69) is 31.3 Å². The van der Waals surface area contributed by atoms with E-state index in [0.29, 0.717) is 12.3 Å². The van der Waals surface area contributed by atoms with Crippen LogP contribution in [0, 0.1) is 5.92 Å². The van der Waals surface area contributed by atoms with Crippen LogP contribution in [0.5, 0.6) is 0 Å². The zero-order valence-corrected chi connectivity index (χ0v) is 14.0. The van der Waals surface area contributed by atoms with Gasteiger partial charge in [-0.2, -0.15) is 0 Å². The molecule has 1 saturated carbocycles. The molecule has 1 atom stereocenters. The smallest absolute Gasteiger partial charge is 0.157 e. The Kier molecular flexibility index (Phi) is 3.21. The van der Waals surface area contributed by atoms with Crippen molar-refractivity contribution in [3.8, 4) is 0 Å². The van der Waals surface area contributed by atoms with Crippen LogP contribution in [0.4, 0.5) is 0 Å². The zero-order valence-electron chi connectivity index (χ0n) is 12.2. The first-order valence-electron chi connectivity index (χ1n) is 7.35. The Morgan fingerprint density at radius 3 is 2.30 bits per heavy atom. The minimum absolute atomic E-state index is 0.229. The van der Waals surface area contributed by atoms with Crippen LogP contribution in [0.1, 0.15) is 19.3 Å². The first kappa shape index (κ1) is 14.1. The largest absolute Gasteiger partial charge is 0.228 e. The molecule has 1 unspecified atom stereocenters. The lowest BCUT2D eigenvalue weighted by atomic mass is 10.2. The molecule has 1 heterocycles. The van der Waals surface area contributed by atoms with E-state index in [-0.39, 0.29) is 5.75 Å². The number of hydrogen-bond donors (Lipinski definition) is 0. The Labute approximate surface area is 122 Å². The second kappa shape index (κ2) is 4.57. The van der Waals surface area contributed by atoms with Gasteiger partial charge >= 0.3 is 0 Å². The maximum Gasteiger partial charge on any atom is 0.157 e. The third kappa shape index (κ3) is 1.85. The van der Waals surface area contributed by atoms with Crippen LogP contribution in [0.2, 0.25) is 13.1 Å². The molecule has 2 aliphatic rings. The molecule has 1 aliphatic heterocycles. The van der Waals surface area contributed by atoms with Gasteiger partial charge in [0.05, 0.1) is 10.1 Å². The van der Waals surface area contributed by atoms with E-state index in [0.717, 1.165) is 12.8 Å². The average Bonchev–Trinajstić information content (AvgIpc) is 3.24. The Morgan fingerprint density at radius 2 is 1.75 bits per heavy atom. The molecular formula is C16H22O2SSi. The van der Waals surface area contributed by atoms with Crippen LogP contribution in [0.3, 0.4) is 0 Å². The lowest BCUT2D eigenvalue weighted by Gasteiger charge is -2.46. The third-order valence-electron chi connectivity index (χ3n) is 5.25. The van der Waals surface area contributed by atoms with Crippen molar-refractivity contribution < 1.29 is 8.42 Å². The zero-order chi connectivity index (χ0) is 14.4. The predicted molar refractivity (Wildman–Crippen MR) is 86.6 cm³/mol. The molecule has 0 spiro atoms. The van der Waals surface area contributed by atoms with Gasteiger partial charge in [0.25, 0.3) is 0 Å². The van der Waals surface area contributed by atoms with Gasteiger partial charge in [-0.25, -0.2) is 8.42 Å². The van der Waals surface area contributed by atoms with Gasteiger partial charge in [0.2, 0.25) is 0 Å². The van der Waals surface area contributed by atoms with Gasteiger partial charge in [-0.15, -0.1) is 0 Å². The van der Waals surface area contributed by atoms with E-state index in [1.54, 1.807) is 0 Å². The van der Waals surface area contributed by atoms with Crippen LogP contribution >= 0.6 is 0 Å². The molecule has 1 aromatic carbocycles. The number of benzene rings is 1. The maximum atomic E-state index is 13.0. The average molecular weight is 307 g/mol. The van der Waals surface area contributed by atoms with Gasteiger partial charge in [-0.3, -0.25) is 0 Å². The quantitative estimate of drug-likeness (QED) is 0.635. The van der Waals surface area contributed by atoms with Gasteiger partial charge < -0.3 is 0 Å². The standard InChI is InChI=1S/C16H22O2SSi/c1-20(2,15-8-4-3-5-9-15)16(14-10-11-14)12-6-7-13-19(16,17)18/h3-9,14H,10-13H2,1-2H3. The molecule has 1 aliphatic carbocycles. The summed E-state index contributed by atoms with van der Waals surface area (Å²) in [4.78, 5) is 0. The third-order valence-corrected chi connectivity index (χ3v) is 14.5. The van der Waals surface area contributed by atoms with Crippen molar-refractivity contribution >= 4 is 23.1 Å². The van der Waals surface area contributed by atoms with Crippen molar-refractivity contribution in [1.82, 2.24) is 0 Å². The van der Waals surface area contributed by atoms with Crippen LogP contribution < -0.4 is 5.19 Å². The summed E-state index contributed by atoms with van der Waals surface area (Å²) in [6.45, 7) is 4.49. The molecule has 0 aromatic heterocycles. The van der Waals surface area contributed by atoms with Gasteiger partial charge in [-0.1, -0.05) is 60.8 Å². The Hall–Kier alpha value is -0.873. The van der Waals surface area contributed by atoms with Crippen LogP contribution in [-0.4, -0.2) is 26.6 Å². The SMILES string of the molecule is C[Si](C)(c1ccccc1)C1(C2CC2)CC=CCS1(=O)=O.